The number of benzene rings is 3. The second kappa shape index (κ2) is 13.5. The smallest absolute Gasteiger partial charge is 0.255 e. The summed E-state index contributed by atoms with van der Waals surface area (Å²) in [6.07, 6.45) is 8.28. The number of anilines is 1. The van der Waals surface area contributed by atoms with Crippen LogP contribution in [0.4, 0.5) is 5.69 Å². The number of aryl methyl sites for hydroxylation is 1. The molecule has 6 nitrogen and oxygen atoms in total. The van der Waals surface area contributed by atoms with Crippen molar-refractivity contribution in [1.29, 1.82) is 0 Å². The molecule has 1 heterocycles. The van der Waals surface area contributed by atoms with Crippen molar-refractivity contribution in [2.45, 2.75) is 44.9 Å². The van der Waals surface area contributed by atoms with E-state index in [-0.39, 0.29) is 22.1 Å². The van der Waals surface area contributed by atoms with Gasteiger partial charge in [-0.15, -0.1) is 0 Å². The molecule has 0 aliphatic rings. The number of rotatable bonds is 13. The van der Waals surface area contributed by atoms with Crippen molar-refractivity contribution in [2.24, 2.45) is 5.73 Å². The number of carbonyl (C=O) groups excluding carboxylic acids is 1. The van der Waals surface area contributed by atoms with Gasteiger partial charge in [0.2, 0.25) is 0 Å². The van der Waals surface area contributed by atoms with Crippen molar-refractivity contribution in [1.82, 2.24) is 0 Å². The van der Waals surface area contributed by atoms with E-state index in [1.54, 1.807) is 42.5 Å². The van der Waals surface area contributed by atoms with Gasteiger partial charge in [-0.2, -0.15) is 0 Å². The van der Waals surface area contributed by atoms with E-state index < -0.39 is 0 Å². The fraction of sp³-hybridized carbons (Fsp3) is 0.258. The molecule has 0 saturated heterocycles. The summed E-state index contributed by atoms with van der Waals surface area (Å²) in [6.45, 7) is 0.659. The summed E-state index contributed by atoms with van der Waals surface area (Å²) in [5.74, 6) is 0.611. The molecule has 4 aromatic rings. The molecule has 0 bridgehead atoms. The molecular weight excluding hydrogens is 496 g/mol. The van der Waals surface area contributed by atoms with E-state index in [2.05, 4.69) is 35.6 Å². The molecule has 0 radical (unpaired) electrons. The van der Waals surface area contributed by atoms with Crippen LogP contribution in [-0.2, 0) is 6.42 Å². The molecule has 3 N–H and O–H groups in total. The maximum Gasteiger partial charge on any atom is 0.255 e. The monoisotopic (exact) mass is 528 g/mol. The summed E-state index contributed by atoms with van der Waals surface area (Å²) >= 11 is 4.88. The predicted molar refractivity (Wildman–Crippen MR) is 156 cm³/mol. The number of unbranched alkanes of at least 4 members (excludes halogenated alkanes) is 5. The number of fused-ring (bicyclic) bond motifs is 1. The van der Waals surface area contributed by atoms with Gasteiger partial charge >= 0.3 is 0 Å². The van der Waals surface area contributed by atoms with E-state index in [0.29, 0.717) is 28.8 Å². The lowest BCUT2D eigenvalue weighted by atomic mass is 10.1. The lowest BCUT2D eigenvalue weighted by Crippen LogP contribution is -2.14. The van der Waals surface area contributed by atoms with Crippen LogP contribution in [0.3, 0.4) is 0 Å². The van der Waals surface area contributed by atoms with Crippen LogP contribution in [0.2, 0.25) is 0 Å². The van der Waals surface area contributed by atoms with Gasteiger partial charge in [-0.1, -0.05) is 68.2 Å². The Bertz CT molecular complexity index is 1430. The molecule has 0 saturated carbocycles. The van der Waals surface area contributed by atoms with Crippen molar-refractivity contribution in [3.8, 4) is 5.75 Å². The number of ether oxygens (including phenoxy) is 1. The van der Waals surface area contributed by atoms with Gasteiger partial charge in [0.25, 0.3) is 5.91 Å². The molecule has 0 aliphatic heterocycles. The van der Waals surface area contributed by atoms with Crippen molar-refractivity contribution in [3.63, 3.8) is 0 Å². The number of carbonyl (C=O) groups is 1. The molecule has 4 rings (SSSR count). The standard InChI is InChI=1S/C31H32N2O4S/c32-30(38)29-21-27(34)26-20-24(15-18-28(26)37-29)33-31(35)23-13-16-25(17-14-23)36-19-9-4-2-1-3-6-10-22-11-7-5-8-12-22/h5,7-8,11-18,20-21H,1-4,6,9-10,19H2,(H2,32,38)(H,33,35). The van der Waals surface area contributed by atoms with Crippen LogP contribution in [0.5, 0.6) is 5.75 Å². The molecular formula is C31H32N2O4S. The van der Waals surface area contributed by atoms with Crippen molar-refractivity contribution < 1.29 is 13.9 Å². The molecule has 0 spiro atoms. The third-order valence-corrected chi connectivity index (χ3v) is 6.52. The largest absolute Gasteiger partial charge is 0.494 e. The summed E-state index contributed by atoms with van der Waals surface area (Å²) in [5, 5.41) is 3.15. The number of hydrogen-bond donors (Lipinski definition) is 2. The maximum atomic E-state index is 12.7. The Labute approximate surface area is 227 Å². The number of hydrogen-bond acceptors (Lipinski definition) is 5. The van der Waals surface area contributed by atoms with Gasteiger partial charge in [0.15, 0.2) is 11.2 Å². The fourth-order valence-electron chi connectivity index (χ4n) is 4.23. The summed E-state index contributed by atoms with van der Waals surface area (Å²) in [7, 11) is 0. The SMILES string of the molecule is NC(=S)c1cc(=O)c2cc(NC(=O)c3ccc(OCCCCCCCCc4ccccc4)cc3)ccc2o1. The highest BCUT2D eigenvalue weighted by atomic mass is 32.1. The fourth-order valence-corrected chi connectivity index (χ4v) is 4.33. The van der Waals surface area contributed by atoms with Crippen LogP contribution in [0, 0.1) is 0 Å². The van der Waals surface area contributed by atoms with E-state index in [1.165, 1.54) is 37.3 Å². The Hall–Kier alpha value is -3.97. The Morgan fingerprint density at radius 3 is 2.32 bits per heavy atom. The average Bonchev–Trinajstić information content (AvgIpc) is 2.93. The molecule has 1 aromatic heterocycles. The van der Waals surface area contributed by atoms with Gasteiger partial charge in [0.05, 0.1) is 12.0 Å². The highest BCUT2D eigenvalue weighted by molar-refractivity contribution is 7.80. The molecule has 38 heavy (non-hydrogen) atoms. The zero-order chi connectivity index (χ0) is 26.7. The first-order valence-corrected chi connectivity index (χ1v) is 13.4. The van der Waals surface area contributed by atoms with Gasteiger partial charge < -0.3 is 20.2 Å². The van der Waals surface area contributed by atoms with Crippen LogP contribution in [0.25, 0.3) is 11.0 Å². The van der Waals surface area contributed by atoms with Gasteiger partial charge in [-0.3, -0.25) is 9.59 Å². The second-order valence-electron chi connectivity index (χ2n) is 9.23. The van der Waals surface area contributed by atoms with Gasteiger partial charge in [-0.25, -0.2) is 0 Å². The van der Waals surface area contributed by atoms with E-state index >= 15 is 0 Å². The van der Waals surface area contributed by atoms with E-state index in [0.717, 1.165) is 25.0 Å². The van der Waals surface area contributed by atoms with Gasteiger partial charge in [0, 0.05) is 17.3 Å². The van der Waals surface area contributed by atoms with Crippen LogP contribution < -0.4 is 21.2 Å². The van der Waals surface area contributed by atoms with Crippen molar-refractivity contribution in [2.75, 3.05) is 11.9 Å². The lowest BCUT2D eigenvalue weighted by molar-refractivity contribution is 0.102. The molecule has 196 valence electrons. The lowest BCUT2D eigenvalue weighted by Gasteiger charge is -2.09. The zero-order valence-electron chi connectivity index (χ0n) is 21.3. The first kappa shape index (κ1) is 27.1. The molecule has 0 aliphatic carbocycles. The molecule has 0 atom stereocenters. The van der Waals surface area contributed by atoms with Crippen molar-refractivity contribution in [3.05, 3.63) is 106 Å². The van der Waals surface area contributed by atoms with Crippen LogP contribution >= 0.6 is 12.2 Å². The predicted octanol–water partition coefficient (Wildman–Crippen LogP) is 6.64. The third-order valence-electron chi connectivity index (χ3n) is 6.32. The first-order valence-electron chi connectivity index (χ1n) is 13.0. The van der Waals surface area contributed by atoms with E-state index in [1.807, 2.05) is 0 Å². The normalized spacial score (nSPS) is 10.8. The summed E-state index contributed by atoms with van der Waals surface area (Å²) in [6, 6.07) is 23.8. The highest BCUT2D eigenvalue weighted by Crippen LogP contribution is 2.20. The third kappa shape index (κ3) is 7.76. The molecule has 7 heteroatoms. The Morgan fingerprint density at radius 2 is 1.58 bits per heavy atom. The second-order valence-corrected chi connectivity index (χ2v) is 9.67. The minimum atomic E-state index is -0.285. The maximum absolute atomic E-state index is 12.7. The molecule has 3 aromatic carbocycles. The van der Waals surface area contributed by atoms with Gasteiger partial charge in [0.1, 0.15) is 16.3 Å². The summed E-state index contributed by atoms with van der Waals surface area (Å²) < 4.78 is 11.4. The topological polar surface area (TPSA) is 94.6 Å². The quantitative estimate of drug-likeness (QED) is 0.149. The molecule has 0 fully saturated rings. The summed E-state index contributed by atoms with van der Waals surface area (Å²) in [5.41, 5.74) is 8.01. The number of thiocarbonyl (C=S) groups is 1. The summed E-state index contributed by atoms with van der Waals surface area (Å²) in [4.78, 5) is 25.1. The Kier molecular flexibility index (Phi) is 9.65. The highest BCUT2D eigenvalue weighted by Gasteiger charge is 2.11. The van der Waals surface area contributed by atoms with Gasteiger partial charge in [-0.05, 0) is 67.3 Å². The first-order chi connectivity index (χ1) is 18.5. The van der Waals surface area contributed by atoms with Crippen molar-refractivity contribution >= 4 is 39.8 Å². The van der Waals surface area contributed by atoms with Crippen LogP contribution in [0.1, 0.15) is 60.2 Å². The van der Waals surface area contributed by atoms with Crippen LogP contribution in [0.15, 0.2) is 88.1 Å². The number of nitrogens with two attached hydrogens (primary N) is 1. The Balaban J connectivity index is 1.17. The Morgan fingerprint density at radius 1 is 0.868 bits per heavy atom. The minimum Gasteiger partial charge on any atom is -0.494 e. The molecule has 1 amide bonds. The minimum absolute atomic E-state index is 0.0129. The van der Waals surface area contributed by atoms with E-state index in [9.17, 15) is 9.59 Å². The van der Waals surface area contributed by atoms with E-state index in [4.69, 9.17) is 27.1 Å². The number of amides is 1. The van der Waals surface area contributed by atoms with Crippen LogP contribution in [-0.4, -0.2) is 17.5 Å². The molecule has 0 unspecified atom stereocenters. The zero-order valence-corrected chi connectivity index (χ0v) is 22.1. The average molecular weight is 529 g/mol. The number of nitrogens with one attached hydrogen (secondary N) is 1.